The van der Waals surface area contributed by atoms with Gasteiger partial charge in [-0.05, 0) is 39.3 Å². The van der Waals surface area contributed by atoms with Gasteiger partial charge in [0.25, 0.3) is 0 Å². The van der Waals surface area contributed by atoms with E-state index in [0.717, 1.165) is 12.7 Å². The van der Waals surface area contributed by atoms with Gasteiger partial charge in [0, 0.05) is 30.8 Å². The first kappa shape index (κ1) is 20.1. The van der Waals surface area contributed by atoms with Gasteiger partial charge in [0.15, 0.2) is 0 Å². The predicted molar refractivity (Wildman–Crippen MR) is 92.5 cm³/mol. The van der Waals surface area contributed by atoms with E-state index < -0.39 is 11.7 Å². The van der Waals surface area contributed by atoms with Crippen molar-refractivity contribution in [2.24, 2.45) is 5.73 Å². The van der Waals surface area contributed by atoms with Gasteiger partial charge >= 0.3 is 6.09 Å². The van der Waals surface area contributed by atoms with Crippen LogP contribution < -0.4 is 5.73 Å². The zero-order valence-corrected chi connectivity index (χ0v) is 14.8. The highest BCUT2D eigenvalue weighted by atomic mass is 35.5. The van der Waals surface area contributed by atoms with Crippen LogP contribution in [0.3, 0.4) is 0 Å². The standard InChI is InChI=1S/C10H19N3O2.C6H4ClNO/c1-10(2,3)15-9(14)13-5-4-7(11)6-8(13)12;7-6-3-5(4-9)1-2-8-6/h7,12H,4-6,11H2,1-3H3;1-4H. The third kappa shape index (κ3) is 7.06. The van der Waals surface area contributed by atoms with Crippen molar-refractivity contribution >= 4 is 29.8 Å². The maximum Gasteiger partial charge on any atom is 0.415 e. The lowest BCUT2D eigenvalue weighted by molar-refractivity contribution is 0.0350. The van der Waals surface area contributed by atoms with Crippen molar-refractivity contribution in [3.05, 3.63) is 29.0 Å². The molecule has 8 heteroatoms. The minimum absolute atomic E-state index is 0.00353. The van der Waals surface area contributed by atoms with E-state index in [1.54, 1.807) is 6.07 Å². The fraction of sp³-hybridized carbons (Fsp3) is 0.500. The van der Waals surface area contributed by atoms with Gasteiger partial charge in [0.2, 0.25) is 0 Å². The van der Waals surface area contributed by atoms with E-state index in [0.29, 0.717) is 23.7 Å². The summed E-state index contributed by atoms with van der Waals surface area (Å²) in [6.07, 6.45) is 2.94. The van der Waals surface area contributed by atoms with Crippen molar-refractivity contribution in [1.29, 1.82) is 5.41 Å². The Bertz CT molecular complexity index is 601. The van der Waals surface area contributed by atoms with Crippen LogP contribution in [0.2, 0.25) is 5.15 Å². The van der Waals surface area contributed by atoms with Crippen molar-refractivity contribution < 1.29 is 14.3 Å². The highest BCUT2D eigenvalue weighted by Gasteiger charge is 2.29. The molecular formula is C16H23ClN4O3. The van der Waals surface area contributed by atoms with Crippen molar-refractivity contribution in [2.75, 3.05) is 6.54 Å². The summed E-state index contributed by atoms with van der Waals surface area (Å²) in [7, 11) is 0. The molecule has 0 spiro atoms. The van der Waals surface area contributed by atoms with Crippen LogP contribution >= 0.6 is 11.6 Å². The average Bonchev–Trinajstić information content (AvgIpc) is 2.45. The van der Waals surface area contributed by atoms with E-state index in [1.807, 2.05) is 20.8 Å². The maximum atomic E-state index is 11.7. The van der Waals surface area contributed by atoms with Crippen molar-refractivity contribution in [3.63, 3.8) is 0 Å². The van der Waals surface area contributed by atoms with Crippen LogP contribution in [0, 0.1) is 5.41 Å². The molecule has 24 heavy (non-hydrogen) atoms. The van der Waals surface area contributed by atoms with Gasteiger partial charge < -0.3 is 10.5 Å². The highest BCUT2D eigenvalue weighted by Crippen LogP contribution is 2.15. The molecule has 7 nitrogen and oxygen atoms in total. The highest BCUT2D eigenvalue weighted by molar-refractivity contribution is 6.29. The summed E-state index contributed by atoms with van der Waals surface area (Å²) in [5.41, 5.74) is 5.73. The molecule has 1 fully saturated rings. The van der Waals surface area contributed by atoms with Crippen LogP contribution in [0.4, 0.5) is 4.79 Å². The number of hydrogen-bond donors (Lipinski definition) is 2. The molecule has 1 atom stereocenters. The van der Waals surface area contributed by atoms with E-state index in [1.165, 1.54) is 17.2 Å². The Morgan fingerprint density at radius 2 is 2.21 bits per heavy atom. The molecular weight excluding hydrogens is 332 g/mol. The first-order valence-electron chi connectivity index (χ1n) is 7.52. The number of ether oxygens (including phenoxy) is 1. The Morgan fingerprint density at radius 3 is 2.67 bits per heavy atom. The molecule has 1 aliphatic heterocycles. The number of piperidine rings is 1. The average molecular weight is 355 g/mol. The van der Waals surface area contributed by atoms with Crippen LogP contribution in [0.15, 0.2) is 18.3 Å². The summed E-state index contributed by atoms with van der Waals surface area (Å²) in [6, 6.07) is 3.10. The Balaban J connectivity index is 0.000000272. The van der Waals surface area contributed by atoms with Crippen LogP contribution in [0.1, 0.15) is 44.0 Å². The Morgan fingerprint density at radius 1 is 1.54 bits per heavy atom. The number of nitrogens with two attached hydrogens (primary N) is 1. The zero-order chi connectivity index (χ0) is 18.3. The van der Waals surface area contributed by atoms with Gasteiger partial charge in [0.05, 0.1) is 0 Å². The fourth-order valence-electron chi connectivity index (χ4n) is 1.90. The predicted octanol–water partition coefficient (Wildman–Crippen LogP) is 2.87. The number of aromatic nitrogens is 1. The minimum atomic E-state index is -0.517. The van der Waals surface area contributed by atoms with Crippen LogP contribution in [0.25, 0.3) is 0 Å². The van der Waals surface area contributed by atoms with Gasteiger partial charge in [-0.3, -0.25) is 15.1 Å². The molecule has 3 N–H and O–H groups in total. The molecule has 0 saturated carbocycles. The van der Waals surface area contributed by atoms with E-state index in [9.17, 15) is 9.59 Å². The number of carbonyl (C=O) groups is 2. The number of amides is 1. The quantitative estimate of drug-likeness (QED) is 0.595. The molecule has 2 rings (SSSR count). The van der Waals surface area contributed by atoms with E-state index in [2.05, 4.69) is 4.98 Å². The monoisotopic (exact) mass is 354 g/mol. The Labute approximate surface area is 146 Å². The SMILES string of the molecule is CC(C)(C)OC(=O)N1CCC(N)CC1=N.O=Cc1ccnc(Cl)c1. The first-order chi connectivity index (χ1) is 11.1. The number of hydrogen-bond acceptors (Lipinski definition) is 6. The van der Waals surface area contributed by atoms with Gasteiger partial charge in [-0.1, -0.05) is 11.6 Å². The second kappa shape index (κ2) is 8.75. The molecule has 1 aromatic heterocycles. The number of amidine groups is 1. The summed E-state index contributed by atoms with van der Waals surface area (Å²) in [4.78, 5) is 26.8. The summed E-state index contributed by atoms with van der Waals surface area (Å²) >= 11 is 5.45. The third-order valence-corrected chi connectivity index (χ3v) is 3.21. The second-order valence-corrected chi connectivity index (χ2v) is 6.75. The zero-order valence-electron chi connectivity index (χ0n) is 14.1. The number of rotatable bonds is 1. The minimum Gasteiger partial charge on any atom is -0.443 e. The molecule has 1 aromatic rings. The fourth-order valence-corrected chi connectivity index (χ4v) is 2.08. The normalized spacial score (nSPS) is 17.6. The lowest BCUT2D eigenvalue weighted by Gasteiger charge is -2.32. The van der Waals surface area contributed by atoms with Crippen LogP contribution in [0.5, 0.6) is 0 Å². The van der Waals surface area contributed by atoms with Crippen molar-refractivity contribution in [3.8, 4) is 0 Å². The maximum absolute atomic E-state index is 11.7. The molecule has 0 aliphatic carbocycles. The van der Waals surface area contributed by atoms with Crippen molar-refractivity contribution in [1.82, 2.24) is 9.88 Å². The van der Waals surface area contributed by atoms with Crippen LogP contribution in [-0.2, 0) is 4.74 Å². The third-order valence-electron chi connectivity index (χ3n) is 3.01. The van der Waals surface area contributed by atoms with Gasteiger partial charge in [-0.15, -0.1) is 0 Å². The van der Waals surface area contributed by atoms with Gasteiger partial charge in [-0.25, -0.2) is 9.78 Å². The number of likely N-dealkylation sites (tertiary alicyclic amines) is 1. The lowest BCUT2D eigenvalue weighted by atomic mass is 10.1. The molecule has 0 radical (unpaired) electrons. The Hall–Kier alpha value is -1.99. The van der Waals surface area contributed by atoms with Gasteiger partial charge in [-0.2, -0.15) is 0 Å². The summed E-state index contributed by atoms with van der Waals surface area (Å²) in [6.45, 7) is 5.91. The smallest absolute Gasteiger partial charge is 0.415 e. The molecule has 2 heterocycles. The van der Waals surface area contributed by atoms with E-state index >= 15 is 0 Å². The largest absolute Gasteiger partial charge is 0.443 e. The number of nitrogens with zero attached hydrogens (tertiary/aromatic N) is 2. The molecule has 132 valence electrons. The van der Waals surface area contributed by atoms with Gasteiger partial charge in [0.1, 0.15) is 22.9 Å². The van der Waals surface area contributed by atoms with E-state index in [-0.39, 0.29) is 11.9 Å². The number of aldehydes is 1. The summed E-state index contributed by atoms with van der Waals surface area (Å²) < 4.78 is 5.19. The topological polar surface area (TPSA) is 109 Å². The first-order valence-corrected chi connectivity index (χ1v) is 7.90. The van der Waals surface area contributed by atoms with Crippen LogP contribution in [-0.4, -0.2) is 46.3 Å². The second-order valence-electron chi connectivity index (χ2n) is 6.36. The summed E-state index contributed by atoms with van der Waals surface area (Å²) in [5, 5.41) is 8.01. The number of nitrogens with one attached hydrogen (secondary N) is 1. The van der Waals surface area contributed by atoms with Crippen molar-refractivity contribution in [2.45, 2.75) is 45.3 Å². The number of pyridine rings is 1. The molecule has 0 aromatic carbocycles. The molecule has 0 bridgehead atoms. The lowest BCUT2D eigenvalue weighted by Crippen LogP contribution is -2.48. The molecule has 1 unspecified atom stereocenters. The number of carbonyl (C=O) groups excluding carboxylic acids is 2. The van der Waals surface area contributed by atoms with E-state index in [4.69, 9.17) is 27.5 Å². The number of halogens is 1. The molecule has 1 amide bonds. The molecule has 1 aliphatic rings. The Kier molecular flexibility index (Phi) is 7.31. The summed E-state index contributed by atoms with van der Waals surface area (Å²) in [5.74, 6) is 0.253. The molecule has 1 saturated heterocycles.